The van der Waals surface area contributed by atoms with Crippen molar-refractivity contribution in [3.05, 3.63) is 70.4 Å². The minimum Gasteiger partial charge on any atom is -0.490 e. The van der Waals surface area contributed by atoms with Gasteiger partial charge in [-0.2, -0.15) is 0 Å². The predicted molar refractivity (Wildman–Crippen MR) is 121 cm³/mol. The van der Waals surface area contributed by atoms with Crippen molar-refractivity contribution in [2.75, 3.05) is 5.32 Å². The number of hydrogen-bond donors (Lipinski definition) is 1. The Kier molecular flexibility index (Phi) is 5.32. The second kappa shape index (κ2) is 8.13. The summed E-state index contributed by atoms with van der Waals surface area (Å²) in [5.74, 6) is 0.378. The van der Waals surface area contributed by atoms with Gasteiger partial charge in [0.1, 0.15) is 10.6 Å². The first kappa shape index (κ1) is 20.3. The topological polar surface area (TPSA) is 72.5 Å². The molecule has 1 atom stereocenters. The molecule has 2 aliphatic rings. The van der Waals surface area contributed by atoms with Crippen LogP contribution in [0.1, 0.15) is 48.5 Å². The number of rotatable bonds is 5. The van der Waals surface area contributed by atoms with Crippen molar-refractivity contribution in [3.8, 4) is 5.75 Å². The number of amides is 1. The van der Waals surface area contributed by atoms with Gasteiger partial charge >= 0.3 is 0 Å². The SMILES string of the molecule is O=C1CC(c2ccccc2OC2CCCC2)c2scc(S(=O)(=O)c3ccccc3)c2N1. The summed E-state index contributed by atoms with van der Waals surface area (Å²) < 4.78 is 32.8. The molecule has 1 unspecified atom stereocenters. The maximum Gasteiger partial charge on any atom is 0.225 e. The van der Waals surface area contributed by atoms with Gasteiger partial charge < -0.3 is 10.1 Å². The third-order valence-corrected chi connectivity index (χ3v) is 9.03. The van der Waals surface area contributed by atoms with Gasteiger partial charge in [0, 0.05) is 28.2 Å². The van der Waals surface area contributed by atoms with Gasteiger partial charge in [0.15, 0.2) is 0 Å². The highest BCUT2D eigenvalue weighted by Gasteiger charge is 2.35. The van der Waals surface area contributed by atoms with E-state index in [0.29, 0.717) is 5.69 Å². The van der Waals surface area contributed by atoms with Gasteiger partial charge in [-0.1, -0.05) is 36.4 Å². The average Bonchev–Trinajstić information content (AvgIpc) is 3.44. The summed E-state index contributed by atoms with van der Waals surface area (Å²) in [6.45, 7) is 0. The zero-order valence-corrected chi connectivity index (χ0v) is 18.5. The molecule has 160 valence electrons. The molecule has 1 aromatic heterocycles. The van der Waals surface area contributed by atoms with Crippen LogP contribution in [-0.4, -0.2) is 20.4 Å². The van der Waals surface area contributed by atoms with Gasteiger partial charge in [-0.05, 0) is 43.9 Å². The number of carbonyl (C=O) groups excluding carboxylic acids is 1. The van der Waals surface area contributed by atoms with Crippen molar-refractivity contribution >= 4 is 32.8 Å². The summed E-state index contributed by atoms with van der Waals surface area (Å²) in [7, 11) is -3.73. The molecular formula is C24H23NO4S2. The van der Waals surface area contributed by atoms with Crippen molar-refractivity contribution in [1.29, 1.82) is 0 Å². The van der Waals surface area contributed by atoms with Gasteiger partial charge in [-0.15, -0.1) is 11.3 Å². The smallest absolute Gasteiger partial charge is 0.225 e. The van der Waals surface area contributed by atoms with Gasteiger partial charge in [0.2, 0.25) is 15.7 Å². The van der Waals surface area contributed by atoms with Gasteiger partial charge in [-0.3, -0.25) is 4.79 Å². The van der Waals surface area contributed by atoms with Crippen LogP contribution in [0, 0.1) is 0 Å². The number of sulfone groups is 1. The lowest BCUT2D eigenvalue weighted by Crippen LogP contribution is -2.24. The van der Waals surface area contributed by atoms with E-state index in [1.807, 2.05) is 24.3 Å². The van der Waals surface area contributed by atoms with Crippen LogP contribution in [0.15, 0.2) is 69.8 Å². The molecular weight excluding hydrogens is 430 g/mol. The Morgan fingerprint density at radius 3 is 2.45 bits per heavy atom. The van der Waals surface area contributed by atoms with Crippen LogP contribution in [0.2, 0.25) is 0 Å². The van der Waals surface area contributed by atoms with E-state index in [1.54, 1.807) is 35.7 Å². The van der Waals surface area contributed by atoms with Crippen molar-refractivity contribution in [3.63, 3.8) is 0 Å². The second-order valence-corrected chi connectivity index (χ2v) is 10.9. The van der Waals surface area contributed by atoms with Crippen molar-refractivity contribution in [2.45, 2.75) is 53.9 Å². The molecule has 0 saturated heterocycles. The Labute approximate surface area is 186 Å². The molecule has 1 aliphatic carbocycles. The van der Waals surface area contributed by atoms with Crippen LogP contribution in [0.5, 0.6) is 5.75 Å². The van der Waals surface area contributed by atoms with Crippen LogP contribution < -0.4 is 10.1 Å². The van der Waals surface area contributed by atoms with Crippen LogP contribution >= 0.6 is 11.3 Å². The summed E-state index contributed by atoms with van der Waals surface area (Å²) in [6, 6.07) is 16.2. The first-order chi connectivity index (χ1) is 15.0. The average molecular weight is 454 g/mol. The highest BCUT2D eigenvalue weighted by atomic mass is 32.2. The minimum absolute atomic E-state index is 0.158. The molecule has 31 heavy (non-hydrogen) atoms. The fourth-order valence-electron chi connectivity index (χ4n) is 4.44. The number of ether oxygens (including phenoxy) is 1. The molecule has 0 radical (unpaired) electrons. The van der Waals surface area contributed by atoms with E-state index in [2.05, 4.69) is 5.32 Å². The third kappa shape index (κ3) is 3.77. The number of benzene rings is 2. The van der Waals surface area contributed by atoms with Crippen LogP contribution in [0.4, 0.5) is 5.69 Å². The summed E-state index contributed by atoms with van der Waals surface area (Å²) >= 11 is 1.38. The molecule has 3 aromatic rings. The van der Waals surface area contributed by atoms with E-state index in [0.717, 1.165) is 29.0 Å². The maximum atomic E-state index is 13.2. The number of para-hydroxylation sites is 1. The lowest BCUT2D eigenvalue weighted by Gasteiger charge is -2.26. The molecule has 5 nitrogen and oxygen atoms in total. The van der Waals surface area contributed by atoms with Crippen molar-refractivity contribution in [2.24, 2.45) is 0 Å². The van der Waals surface area contributed by atoms with Crippen molar-refractivity contribution < 1.29 is 17.9 Å². The number of carbonyl (C=O) groups is 1. The number of thiophene rings is 1. The Balaban J connectivity index is 1.56. The number of anilines is 1. The van der Waals surface area contributed by atoms with Gasteiger partial charge in [0.25, 0.3) is 0 Å². The maximum absolute atomic E-state index is 13.2. The lowest BCUT2D eigenvalue weighted by atomic mass is 9.90. The fraction of sp³-hybridized carbons (Fsp3) is 0.292. The highest BCUT2D eigenvalue weighted by Crippen LogP contribution is 2.47. The highest BCUT2D eigenvalue weighted by molar-refractivity contribution is 7.91. The molecule has 2 aromatic carbocycles. The van der Waals surface area contributed by atoms with E-state index in [-0.39, 0.29) is 34.1 Å². The predicted octanol–water partition coefficient (Wildman–Crippen LogP) is 5.38. The molecule has 5 rings (SSSR count). The monoisotopic (exact) mass is 453 g/mol. The van der Waals surface area contributed by atoms with E-state index < -0.39 is 9.84 Å². The second-order valence-electron chi connectivity index (χ2n) is 8.02. The van der Waals surface area contributed by atoms with E-state index in [4.69, 9.17) is 4.74 Å². The molecule has 1 N–H and O–H groups in total. The molecule has 2 heterocycles. The van der Waals surface area contributed by atoms with Gasteiger partial charge in [0.05, 0.1) is 16.7 Å². The van der Waals surface area contributed by atoms with Crippen LogP contribution in [-0.2, 0) is 14.6 Å². The zero-order valence-electron chi connectivity index (χ0n) is 16.9. The molecule has 1 saturated carbocycles. The first-order valence-corrected chi connectivity index (χ1v) is 12.9. The summed E-state index contributed by atoms with van der Waals surface area (Å²) in [4.78, 5) is 13.9. The van der Waals surface area contributed by atoms with Crippen molar-refractivity contribution in [1.82, 2.24) is 0 Å². The Morgan fingerprint density at radius 2 is 1.68 bits per heavy atom. The quantitative estimate of drug-likeness (QED) is 0.563. The largest absolute Gasteiger partial charge is 0.490 e. The Hall–Kier alpha value is -2.64. The summed E-state index contributed by atoms with van der Waals surface area (Å²) in [5, 5.41) is 4.47. The number of fused-ring (bicyclic) bond motifs is 1. The number of hydrogen-bond acceptors (Lipinski definition) is 5. The fourth-order valence-corrected chi connectivity index (χ4v) is 7.36. The third-order valence-electron chi connectivity index (χ3n) is 5.99. The first-order valence-electron chi connectivity index (χ1n) is 10.5. The van der Waals surface area contributed by atoms with E-state index in [1.165, 1.54) is 24.2 Å². The molecule has 1 amide bonds. The molecule has 0 spiro atoms. The van der Waals surface area contributed by atoms with Crippen LogP contribution in [0.25, 0.3) is 0 Å². The summed E-state index contributed by atoms with van der Waals surface area (Å²) in [6.07, 6.45) is 4.91. The van der Waals surface area contributed by atoms with E-state index in [9.17, 15) is 13.2 Å². The molecule has 1 aliphatic heterocycles. The minimum atomic E-state index is -3.73. The number of nitrogens with one attached hydrogen (secondary N) is 1. The molecule has 7 heteroatoms. The normalized spacial score (nSPS) is 19.1. The van der Waals surface area contributed by atoms with Crippen LogP contribution in [0.3, 0.4) is 0 Å². The van der Waals surface area contributed by atoms with E-state index >= 15 is 0 Å². The lowest BCUT2D eigenvalue weighted by molar-refractivity contribution is -0.116. The Morgan fingerprint density at radius 1 is 0.968 bits per heavy atom. The molecule has 1 fully saturated rings. The van der Waals surface area contributed by atoms with Gasteiger partial charge in [-0.25, -0.2) is 8.42 Å². The zero-order chi connectivity index (χ0) is 21.4. The Bertz CT molecular complexity index is 1210. The summed E-state index contributed by atoms with van der Waals surface area (Å²) in [5.41, 5.74) is 1.35. The molecule has 0 bridgehead atoms. The standard InChI is InChI=1S/C24H23NO4S2/c26-22-14-19(18-12-6-7-13-20(18)29-16-8-4-5-9-16)24-23(25-22)21(15-30-24)31(27,28)17-10-2-1-3-11-17/h1-3,6-7,10-13,15-16,19H,4-5,8-9,14H2,(H,25,26).